The van der Waals surface area contributed by atoms with Crippen molar-refractivity contribution in [1.29, 1.82) is 0 Å². The highest BCUT2D eigenvalue weighted by Gasteiger charge is 2.51. The van der Waals surface area contributed by atoms with Crippen LogP contribution < -0.4 is 10.4 Å². The van der Waals surface area contributed by atoms with Crippen molar-refractivity contribution in [2.75, 3.05) is 13.2 Å². The minimum atomic E-state index is -2.70. The van der Waals surface area contributed by atoms with E-state index in [1.807, 2.05) is 51.7 Å². The van der Waals surface area contributed by atoms with Crippen LogP contribution in [0.15, 0.2) is 60.7 Å². The third kappa shape index (κ3) is 6.54. The van der Waals surface area contributed by atoms with Crippen molar-refractivity contribution in [3.63, 3.8) is 0 Å². The van der Waals surface area contributed by atoms with Gasteiger partial charge in [0.15, 0.2) is 0 Å². The van der Waals surface area contributed by atoms with Gasteiger partial charge in [-0.2, -0.15) is 0 Å². The molecule has 1 heterocycles. The van der Waals surface area contributed by atoms with Gasteiger partial charge in [-0.25, -0.2) is 4.79 Å². The lowest BCUT2D eigenvalue weighted by Gasteiger charge is -2.44. The number of hydrogen-bond donors (Lipinski definition) is 0. The zero-order chi connectivity index (χ0) is 25.9. The van der Waals surface area contributed by atoms with Crippen molar-refractivity contribution in [2.45, 2.75) is 90.7 Å². The molecule has 1 saturated heterocycles. The molecule has 0 spiro atoms. The minimum absolute atomic E-state index is 0.0322. The Morgan fingerprint density at radius 1 is 0.943 bits per heavy atom. The maximum absolute atomic E-state index is 13.2. The Hall–Kier alpha value is -2.15. The maximum Gasteiger partial charge on any atom is 0.410 e. The van der Waals surface area contributed by atoms with E-state index in [0.717, 1.165) is 6.42 Å². The van der Waals surface area contributed by atoms with Crippen LogP contribution in [0, 0.1) is 0 Å². The van der Waals surface area contributed by atoms with E-state index in [1.54, 1.807) is 0 Å². The Kier molecular flexibility index (Phi) is 8.51. The number of benzene rings is 2. The molecule has 1 fully saturated rings. The SMILES string of the molecule is CC(C)OC1C[C@@H](CO[Si](c2ccccc2)(c2ccccc2)C(C)(C)C)N(C(=O)OC(C)(C)C)C1. The molecular formula is C29H43NO4Si. The molecule has 1 unspecified atom stereocenters. The predicted molar refractivity (Wildman–Crippen MR) is 145 cm³/mol. The van der Waals surface area contributed by atoms with Crippen LogP contribution in [0.4, 0.5) is 4.79 Å². The highest BCUT2D eigenvalue weighted by molar-refractivity contribution is 6.99. The Morgan fingerprint density at radius 2 is 1.46 bits per heavy atom. The number of likely N-dealkylation sites (tertiary alicyclic amines) is 1. The van der Waals surface area contributed by atoms with Crippen molar-refractivity contribution in [2.24, 2.45) is 0 Å². The molecule has 2 aromatic rings. The van der Waals surface area contributed by atoms with E-state index < -0.39 is 13.9 Å². The molecule has 192 valence electrons. The number of carbonyl (C=O) groups is 1. The second kappa shape index (κ2) is 10.9. The van der Waals surface area contributed by atoms with Crippen LogP contribution in [0.25, 0.3) is 0 Å². The molecule has 3 rings (SSSR count). The van der Waals surface area contributed by atoms with Gasteiger partial charge >= 0.3 is 6.09 Å². The van der Waals surface area contributed by atoms with E-state index in [2.05, 4.69) is 69.3 Å². The van der Waals surface area contributed by atoms with Gasteiger partial charge in [-0.15, -0.1) is 0 Å². The minimum Gasteiger partial charge on any atom is -0.444 e. The van der Waals surface area contributed by atoms with Gasteiger partial charge in [-0.05, 0) is 56.5 Å². The summed E-state index contributed by atoms with van der Waals surface area (Å²) in [6, 6.07) is 21.1. The predicted octanol–water partition coefficient (Wildman–Crippen LogP) is 5.37. The molecule has 1 aliphatic rings. The number of carbonyl (C=O) groups excluding carboxylic acids is 1. The van der Waals surface area contributed by atoms with E-state index in [4.69, 9.17) is 13.9 Å². The molecule has 1 amide bonds. The molecule has 0 N–H and O–H groups in total. The van der Waals surface area contributed by atoms with Gasteiger partial charge < -0.3 is 18.8 Å². The zero-order valence-corrected chi connectivity index (χ0v) is 23.7. The highest BCUT2D eigenvalue weighted by atomic mass is 28.4. The Morgan fingerprint density at radius 3 is 1.89 bits per heavy atom. The van der Waals surface area contributed by atoms with E-state index in [0.29, 0.717) is 13.2 Å². The lowest BCUT2D eigenvalue weighted by atomic mass is 10.2. The topological polar surface area (TPSA) is 48.0 Å². The summed E-state index contributed by atoms with van der Waals surface area (Å²) in [7, 11) is -2.70. The quantitative estimate of drug-likeness (QED) is 0.483. The van der Waals surface area contributed by atoms with Crippen LogP contribution >= 0.6 is 0 Å². The molecule has 2 atom stereocenters. The van der Waals surface area contributed by atoms with Gasteiger partial charge in [0.2, 0.25) is 0 Å². The van der Waals surface area contributed by atoms with Crippen molar-refractivity contribution < 1.29 is 18.7 Å². The molecule has 5 nitrogen and oxygen atoms in total. The highest BCUT2D eigenvalue weighted by Crippen LogP contribution is 2.37. The maximum atomic E-state index is 13.2. The summed E-state index contributed by atoms with van der Waals surface area (Å²) in [6.45, 7) is 17.5. The van der Waals surface area contributed by atoms with Gasteiger partial charge in [0.25, 0.3) is 8.32 Å². The average molecular weight is 498 g/mol. The number of nitrogens with zero attached hydrogens (tertiary/aromatic N) is 1. The lowest BCUT2D eigenvalue weighted by molar-refractivity contribution is 0.00279. The number of rotatable bonds is 7. The first-order valence-electron chi connectivity index (χ1n) is 12.7. The smallest absolute Gasteiger partial charge is 0.410 e. The molecule has 0 saturated carbocycles. The summed E-state index contributed by atoms with van der Waals surface area (Å²) in [5, 5.41) is 2.34. The number of amides is 1. The standard InChI is InChI=1S/C29H43NO4Si/c1-22(2)33-24-19-23(30(20-24)27(31)34-28(3,4)5)21-32-35(29(6,7)8,25-15-11-9-12-16-25)26-17-13-10-14-18-26/h9-18,22-24H,19-21H2,1-8H3/t23-,24?/m0/s1. The van der Waals surface area contributed by atoms with Gasteiger partial charge in [0.05, 0.1) is 31.4 Å². The molecule has 2 aromatic carbocycles. The fraction of sp³-hybridized carbons (Fsp3) is 0.552. The molecule has 0 aliphatic carbocycles. The second-order valence-corrected chi connectivity index (χ2v) is 16.1. The van der Waals surface area contributed by atoms with Crippen molar-refractivity contribution in [1.82, 2.24) is 4.90 Å². The van der Waals surface area contributed by atoms with Crippen molar-refractivity contribution in [3.05, 3.63) is 60.7 Å². The molecular weight excluding hydrogens is 454 g/mol. The normalized spacial score (nSPS) is 19.3. The molecule has 0 bridgehead atoms. The van der Waals surface area contributed by atoms with E-state index in [1.165, 1.54) is 10.4 Å². The van der Waals surface area contributed by atoms with Crippen LogP contribution in [0.3, 0.4) is 0 Å². The third-order valence-electron chi connectivity index (χ3n) is 6.38. The molecule has 6 heteroatoms. The summed E-state index contributed by atoms with van der Waals surface area (Å²) in [6.07, 6.45) is 0.492. The van der Waals surface area contributed by atoms with E-state index in [-0.39, 0.29) is 29.4 Å². The van der Waals surface area contributed by atoms with Gasteiger partial charge in [0.1, 0.15) is 5.60 Å². The first-order chi connectivity index (χ1) is 16.3. The second-order valence-electron chi connectivity index (χ2n) is 11.8. The summed E-state index contributed by atoms with van der Waals surface area (Å²) in [5.74, 6) is 0. The molecule has 0 aromatic heterocycles. The zero-order valence-electron chi connectivity index (χ0n) is 22.7. The summed E-state index contributed by atoms with van der Waals surface area (Å²) < 4.78 is 19.0. The van der Waals surface area contributed by atoms with Gasteiger partial charge in [0, 0.05) is 0 Å². The van der Waals surface area contributed by atoms with Gasteiger partial charge in [-0.3, -0.25) is 0 Å². The van der Waals surface area contributed by atoms with E-state index >= 15 is 0 Å². The van der Waals surface area contributed by atoms with Crippen LogP contribution in [-0.2, 0) is 13.9 Å². The van der Waals surface area contributed by atoms with Gasteiger partial charge in [-0.1, -0.05) is 81.4 Å². The fourth-order valence-electron chi connectivity index (χ4n) is 5.04. The molecule has 0 radical (unpaired) electrons. The monoisotopic (exact) mass is 497 g/mol. The summed E-state index contributed by atoms with van der Waals surface area (Å²) in [4.78, 5) is 15.0. The Labute approximate surface area is 212 Å². The van der Waals surface area contributed by atoms with Crippen molar-refractivity contribution >= 4 is 24.8 Å². The molecule has 1 aliphatic heterocycles. The summed E-state index contributed by atoms with van der Waals surface area (Å²) >= 11 is 0. The van der Waals surface area contributed by atoms with Crippen LogP contribution in [0.1, 0.15) is 61.8 Å². The first kappa shape index (κ1) is 27.4. The van der Waals surface area contributed by atoms with Crippen molar-refractivity contribution in [3.8, 4) is 0 Å². The van der Waals surface area contributed by atoms with Crippen LogP contribution in [-0.4, -0.2) is 56.3 Å². The number of hydrogen-bond acceptors (Lipinski definition) is 4. The molecule has 35 heavy (non-hydrogen) atoms. The largest absolute Gasteiger partial charge is 0.444 e. The fourth-order valence-corrected chi connectivity index (χ4v) is 9.64. The first-order valence-corrected chi connectivity index (χ1v) is 14.6. The third-order valence-corrected chi connectivity index (χ3v) is 11.4. The summed E-state index contributed by atoms with van der Waals surface area (Å²) in [5.41, 5.74) is -0.558. The Balaban J connectivity index is 1.97. The van der Waals surface area contributed by atoms with Crippen LogP contribution in [0.2, 0.25) is 5.04 Å². The Bertz CT molecular complexity index is 911. The lowest BCUT2D eigenvalue weighted by Crippen LogP contribution is -2.67. The van der Waals surface area contributed by atoms with Crippen LogP contribution in [0.5, 0.6) is 0 Å². The average Bonchev–Trinajstić information content (AvgIpc) is 3.16. The number of ether oxygens (including phenoxy) is 2. The van der Waals surface area contributed by atoms with E-state index in [9.17, 15) is 4.79 Å².